The van der Waals surface area contributed by atoms with Gasteiger partial charge in [-0.1, -0.05) is 60.7 Å². The molecule has 29 heavy (non-hydrogen) atoms. The molecular weight excluding hydrogens is 391 g/mol. The van der Waals surface area contributed by atoms with Crippen LogP contribution in [0.15, 0.2) is 77.7 Å². The van der Waals surface area contributed by atoms with E-state index in [2.05, 4.69) is 4.98 Å². The van der Waals surface area contributed by atoms with E-state index in [-0.39, 0.29) is 24.3 Å². The van der Waals surface area contributed by atoms with Crippen LogP contribution in [-0.4, -0.2) is 4.98 Å². The Morgan fingerprint density at radius 2 is 1.48 bits per heavy atom. The van der Waals surface area contributed by atoms with E-state index in [0.717, 1.165) is 11.1 Å². The lowest BCUT2D eigenvalue weighted by atomic mass is 10.2. The minimum absolute atomic E-state index is 0.0535. The van der Waals surface area contributed by atoms with Crippen molar-refractivity contribution in [2.45, 2.75) is 26.2 Å². The Labute approximate surface area is 169 Å². The van der Waals surface area contributed by atoms with E-state index >= 15 is 0 Å². The number of pyridine rings is 1. The third kappa shape index (κ3) is 6.14. The lowest BCUT2D eigenvalue weighted by Crippen LogP contribution is -2.12. The first-order valence-corrected chi connectivity index (χ1v) is 10.5. The molecule has 0 saturated carbocycles. The van der Waals surface area contributed by atoms with E-state index in [1.54, 1.807) is 6.92 Å². The number of benzene rings is 2. The zero-order chi connectivity index (χ0) is 20.7. The number of nitrogens with one attached hydrogen (secondary N) is 1. The summed E-state index contributed by atoms with van der Waals surface area (Å²) in [5, 5.41) is 0. The molecule has 0 aliphatic heterocycles. The van der Waals surface area contributed by atoms with Gasteiger partial charge in [0.1, 0.15) is 6.10 Å². The van der Waals surface area contributed by atoms with Crippen molar-refractivity contribution in [2.75, 3.05) is 5.73 Å². The van der Waals surface area contributed by atoms with Crippen molar-refractivity contribution < 1.29 is 18.1 Å². The topological polar surface area (TPSA) is 104 Å². The quantitative estimate of drug-likeness (QED) is 0.497. The average molecular weight is 414 g/mol. The van der Waals surface area contributed by atoms with E-state index in [0.29, 0.717) is 5.69 Å². The second kappa shape index (κ2) is 9.67. The van der Waals surface area contributed by atoms with Gasteiger partial charge in [0.25, 0.3) is 0 Å². The second-order valence-corrected chi connectivity index (χ2v) is 8.04. The van der Waals surface area contributed by atoms with Gasteiger partial charge >= 0.3 is 7.82 Å². The van der Waals surface area contributed by atoms with Crippen LogP contribution >= 0.6 is 7.82 Å². The molecule has 1 unspecified atom stereocenters. The lowest BCUT2D eigenvalue weighted by Gasteiger charge is -2.22. The Morgan fingerprint density at radius 3 is 1.97 bits per heavy atom. The number of phosphoric acid groups is 1. The van der Waals surface area contributed by atoms with Crippen LogP contribution < -0.4 is 11.2 Å². The van der Waals surface area contributed by atoms with Crippen LogP contribution in [0, 0.1) is 0 Å². The number of aromatic nitrogens is 1. The number of aromatic amines is 1. The molecule has 3 rings (SSSR count). The largest absolute Gasteiger partial charge is 0.476 e. The zero-order valence-corrected chi connectivity index (χ0v) is 16.9. The van der Waals surface area contributed by atoms with Gasteiger partial charge in [0, 0.05) is 18.0 Å². The number of nitrogen functional groups attached to an aromatic ring is 1. The van der Waals surface area contributed by atoms with Crippen LogP contribution in [0.25, 0.3) is 0 Å². The smallest absolute Gasteiger partial charge is 0.394 e. The van der Waals surface area contributed by atoms with Crippen LogP contribution in [0.4, 0.5) is 5.69 Å². The molecule has 0 bridgehead atoms. The van der Waals surface area contributed by atoms with Gasteiger partial charge in [-0.15, -0.1) is 0 Å². The van der Waals surface area contributed by atoms with Crippen molar-refractivity contribution in [3.63, 3.8) is 0 Å². The second-order valence-electron chi connectivity index (χ2n) is 6.42. The fraction of sp³-hybridized carbons (Fsp3) is 0.190. The van der Waals surface area contributed by atoms with Gasteiger partial charge < -0.3 is 10.7 Å². The lowest BCUT2D eigenvalue weighted by molar-refractivity contribution is 0.0744. The monoisotopic (exact) mass is 414 g/mol. The van der Waals surface area contributed by atoms with Gasteiger partial charge in [0.05, 0.1) is 18.9 Å². The molecule has 2 aromatic carbocycles. The predicted octanol–water partition coefficient (Wildman–Crippen LogP) is 4.58. The third-order valence-electron chi connectivity index (χ3n) is 4.15. The summed E-state index contributed by atoms with van der Waals surface area (Å²) in [5.41, 5.74) is 7.36. The molecule has 3 N–H and O–H groups in total. The summed E-state index contributed by atoms with van der Waals surface area (Å²) in [7, 11) is -3.95. The van der Waals surface area contributed by atoms with Crippen LogP contribution in [0.1, 0.15) is 29.8 Å². The number of phosphoric ester groups is 1. The van der Waals surface area contributed by atoms with E-state index < -0.39 is 13.9 Å². The Balaban J connectivity index is 1.75. The van der Waals surface area contributed by atoms with E-state index in [9.17, 15) is 9.36 Å². The number of nitrogens with two attached hydrogens (primary N) is 1. The molecular formula is C21H23N2O5P. The minimum atomic E-state index is -3.95. The molecule has 0 radical (unpaired) electrons. The summed E-state index contributed by atoms with van der Waals surface area (Å²) in [6.07, 6.45) is 0.624. The average Bonchev–Trinajstić information content (AvgIpc) is 2.74. The number of rotatable bonds is 9. The van der Waals surface area contributed by atoms with Crippen LogP contribution in [0.2, 0.25) is 0 Å². The van der Waals surface area contributed by atoms with Gasteiger partial charge in [-0.3, -0.25) is 18.4 Å². The first kappa shape index (κ1) is 21.0. The maximum absolute atomic E-state index is 13.3. The summed E-state index contributed by atoms with van der Waals surface area (Å²) in [6, 6.07) is 19.9. The summed E-state index contributed by atoms with van der Waals surface area (Å²) >= 11 is 0. The summed E-state index contributed by atoms with van der Waals surface area (Å²) in [4.78, 5) is 14.7. The normalized spacial score (nSPS) is 12.6. The third-order valence-corrected chi connectivity index (χ3v) is 5.62. The first-order chi connectivity index (χ1) is 14.0. The van der Waals surface area contributed by atoms with Crippen LogP contribution in [0.5, 0.6) is 0 Å². The molecule has 152 valence electrons. The molecule has 3 aromatic rings. The van der Waals surface area contributed by atoms with Crippen LogP contribution in [-0.2, 0) is 31.4 Å². The number of H-pyrrole nitrogens is 1. The number of hydrogen-bond acceptors (Lipinski definition) is 6. The predicted molar refractivity (Wildman–Crippen MR) is 111 cm³/mol. The SMILES string of the molecule is CC(OP(=O)(OCc1ccccc1)OCc1ccccc1)c1cc(=O)c(N)c[nH]1. The Kier molecular flexibility index (Phi) is 7.01. The number of anilines is 1. The van der Waals surface area contributed by atoms with Crippen molar-refractivity contribution in [1.82, 2.24) is 4.98 Å². The van der Waals surface area contributed by atoms with Crippen molar-refractivity contribution in [1.29, 1.82) is 0 Å². The molecule has 0 amide bonds. The molecule has 1 atom stereocenters. The van der Waals surface area contributed by atoms with Gasteiger partial charge in [0.15, 0.2) is 0 Å². The molecule has 0 aliphatic rings. The van der Waals surface area contributed by atoms with Crippen molar-refractivity contribution in [2.24, 2.45) is 0 Å². The molecule has 0 saturated heterocycles. The maximum Gasteiger partial charge on any atom is 0.476 e. The fourth-order valence-corrected chi connectivity index (χ4v) is 3.85. The highest BCUT2D eigenvalue weighted by molar-refractivity contribution is 7.48. The first-order valence-electron chi connectivity index (χ1n) is 9.09. The van der Waals surface area contributed by atoms with Crippen LogP contribution in [0.3, 0.4) is 0 Å². The van der Waals surface area contributed by atoms with E-state index in [1.165, 1.54) is 12.3 Å². The Bertz CT molecular complexity index is 977. The minimum Gasteiger partial charge on any atom is -0.394 e. The highest BCUT2D eigenvalue weighted by atomic mass is 31.2. The zero-order valence-electron chi connectivity index (χ0n) is 16.0. The molecule has 1 aromatic heterocycles. The summed E-state index contributed by atoms with van der Waals surface area (Å²) in [6.45, 7) is 1.75. The molecule has 8 heteroatoms. The maximum atomic E-state index is 13.3. The van der Waals surface area contributed by atoms with E-state index in [1.807, 2.05) is 60.7 Å². The molecule has 0 aliphatic carbocycles. The van der Waals surface area contributed by atoms with E-state index in [4.69, 9.17) is 19.3 Å². The van der Waals surface area contributed by atoms with Crippen molar-refractivity contribution in [3.8, 4) is 0 Å². The highest BCUT2D eigenvalue weighted by Gasteiger charge is 2.31. The molecule has 0 spiro atoms. The molecule has 7 nitrogen and oxygen atoms in total. The van der Waals surface area contributed by atoms with Gasteiger partial charge in [0.2, 0.25) is 5.43 Å². The molecule has 1 heterocycles. The fourth-order valence-electron chi connectivity index (χ4n) is 2.54. The molecule has 0 fully saturated rings. The standard InChI is InChI=1S/C21H23N2O5P/c1-16(20-12-21(24)19(22)13-23-20)28-29(25,26-14-17-8-4-2-5-9-17)27-15-18-10-6-3-7-11-18/h2-13,16H,14-15,22H2,1H3,(H,23,24). The van der Waals surface area contributed by atoms with Crippen molar-refractivity contribution in [3.05, 3.63) is 100.0 Å². The van der Waals surface area contributed by atoms with Gasteiger partial charge in [-0.2, -0.15) is 0 Å². The Morgan fingerprint density at radius 1 is 0.966 bits per heavy atom. The van der Waals surface area contributed by atoms with Gasteiger partial charge in [-0.25, -0.2) is 4.57 Å². The Hall–Kier alpha value is -2.70. The van der Waals surface area contributed by atoms with Crippen molar-refractivity contribution >= 4 is 13.5 Å². The highest BCUT2D eigenvalue weighted by Crippen LogP contribution is 2.54. The summed E-state index contributed by atoms with van der Waals surface area (Å²) < 4.78 is 30.1. The number of hydrogen-bond donors (Lipinski definition) is 2. The summed E-state index contributed by atoms with van der Waals surface area (Å²) in [5.74, 6) is 0. The van der Waals surface area contributed by atoms with Gasteiger partial charge in [-0.05, 0) is 18.1 Å².